The first-order valence-corrected chi connectivity index (χ1v) is 7.08. The molecule has 1 atom stereocenters. The van der Waals surface area contributed by atoms with Crippen LogP contribution in [0.25, 0.3) is 10.9 Å². The highest BCUT2D eigenvalue weighted by molar-refractivity contribution is 7.10. The molecular weight excluding hydrogens is 254 g/mol. The van der Waals surface area contributed by atoms with Crippen molar-refractivity contribution in [3.63, 3.8) is 0 Å². The Morgan fingerprint density at radius 1 is 1.16 bits per heavy atom. The maximum absolute atomic E-state index is 5.70. The summed E-state index contributed by atoms with van der Waals surface area (Å²) in [7, 11) is 0. The highest BCUT2D eigenvalue weighted by Crippen LogP contribution is 2.25. The summed E-state index contributed by atoms with van der Waals surface area (Å²) >= 11 is 1.72. The fraction of sp³-hybridized carbons (Fsp3) is 0.133. The molecule has 0 radical (unpaired) electrons. The van der Waals surface area contributed by atoms with E-state index in [9.17, 15) is 0 Å². The second-order valence-corrected chi connectivity index (χ2v) is 5.41. The summed E-state index contributed by atoms with van der Waals surface area (Å²) in [6, 6.07) is 14.6. The van der Waals surface area contributed by atoms with Gasteiger partial charge in [0.2, 0.25) is 0 Å². The van der Waals surface area contributed by atoms with Crippen molar-refractivity contribution in [2.45, 2.75) is 12.5 Å². The Kier molecular flexibility index (Phi) is 3.55. The van der Waals surface area contributed by atoms with Crippen molar-refractivity contribution in [3.8, 4) is 0 Å². The lowest BCUT2D eigenvalue weighted by molar-refractivity contribution is 0.562. The first-order valence-electron chi connectivity index (χ1n) is 6.20. The first-order chi connectivity index (χ1) is 9.38. The van der Waals surface area contributed by atoms with E-state index in [1.807, 2.05) is 24.4 Å². The van der Waals surface area contributed by atoms with Gasteiger partial charge in [-0.3, -0.25) is 16.3 Å². The van der Waals surface area contributed by atoms with Crippen molar-refractivity contribution < 1.29 is 0 Å². The van der Waals surface area contributed by atoms with Crippen molar-refractivity contribution in [2.24, 2.45) is 5.84 Å². The number of hydrogen-bond acceptors (Lipinski definition) is 4. The minimum absolute atomic E-state index is 0.144. The van der Waals surface area contributed by atoms with Crippen LogP contribution in [0.4, 0.5) is 0 Å². The largest absolute Gasteiger partial charge is 0.271 e. The van der Waals surface area contributed by atoms with Crippen LogP contribution in [0, 0.1) is 0 Å². The SMILES string of the molecule is NNC(Cc1ccnc2ccccc12)c1cccs1. The Morgan fingerprint density at radius 3 is 2.84 bits per heavy atom. The summed E-state index contributed by atoms with van der Waals surface area (Å²) in [6.45, 7) is 0. The van der Waals surface area contributed by atoms with Gasteiger partial charge in [-0.15, -0.1) is 11.3 Å². The minimum Gasteiger partial charge on any atom is -0.271 e. The number of fused-ring (bicyclic) bond motifs is 1. The van der Waals surface area contributed by atoms with E-state index >= 15 is 0 Å². The van der Waals surface area contributed by atoms with Gasteiger partial charge in [0.1, 0.15) is 0 Å². The first kappa shape index (κ1) is 12.3. The van der Waals surface area contributed by atoms with Gasteiger partial charge in [0.15, 0.2) is 0 Å². The number of para-hydroxylation sites is 1. The highest BCUT2D eigenvalue weighted by atomic mass is 32.1. The number of nitrogens with one attached hydrogen (secondary N) is 1. The summed E-state index contributed by atoms with van der Waals surface area (Å²) in [5.74, 6) is 5.70. The molecule has 0 saturated carbocycles. The Bertz CT molecular complexity index is 659. The van der Waals surface area contributed by atoms with E-state index in [0.717, 1.165) is 11.9 Å². The van der Waals surface area contributed by atoms with Crippen LogP contribution in [0.1, 0.15) is 16.5 Å². The van der Waals surface area contributed by atoms with Gasteiger partial charge in [0.25, 0.3) is 0 Å². The summed E-state index contributed by atoms with van der Waals surface area (Å²) in [6.07, 6.45) is 2.72. The van der Waals surface area contributed by atoms with E-state index in [0.29, 0.717) is 0 Å². The molecule has 1 unspecified atom stereocenters. The normalized spacial score (nSPS) is 12.7. The average Bonchev–Trinajstić information content (AvgIpc) is 2.99. The average molecular weight is 269 g/mol. The molecule has 96 valence electrons. The maximum atomic E-state index is 5.70. The zero-order valence-corrected chi connectivity index (χ0v) is 11.2. The lowest BCUT2D eigenvalue weighted by Crippen LogP contribution is -2.29. The van der Waals surface area contributed by atoms with Crippen molar-refractivity contribution >= 4 is 22.2 Å². The number of hydrazine groups is 1. The second kappa shape index (κ2) is 5.48. The molecule has 2 heterocycles. The molecule has 3 rings (SSSR count). The third-order valence-electron chi connectivity index (χ3n) is 3.25. The van der Waals surface area contributed by atoms with E-state index in [2.05, 4.69) is 40.1 Å². The van der Waals surface area contributed by atoms with Crippen molar-refractivity contribution in [2.75, 3.05) is 0 Å². The van der Waals surface area contributed by atoms with E-state index < -0.39 is 0 Å². The minimum atomic E-state index is 0.144. The van der Waals surface area contributed by atoms with Crippen LogP contribution in [0.2, 0.25) is 0 Å². The van der Waals surface area contributed by atoms with Crippen molar-refractivity contribution in [1.29, 1.82) is 0 Å². The number of nitrogens with two attached hydrogens (primary N) is 1. The number of pyridine rings is 1. The Labute approximate surface area is 116 Å². The zero-order valence-electron chi connectivity index (χ0n) is 10.4. The molecule has 0 aliphatic heterocycles. The quantitative estimate of drug-likeness (QED) is 0.565. The molecule has 2 aromatic heterocycles. The highest BCUT2D eigenvalue weighted by Gasteiger charge is 2.13. The standard InChI is InChI=1S/C15H15N3S/c16-18-14(15-6-3-9-19-15)10-11-7-8-17-13-5-2-1-4-12(11)13/h1-9,14,18H,10,16H2. The molecule has 4 heteroatoms. The van der Waals surface area contributed by atoms with E-state index in [-0.39, 0.29) is 6.04 Å². The number of thiophene rings is 1. The zero-order chi connectivity index (χ0) is 13.1. The van der Waals surface area contributed by atoms with Crippen LogP contribution in [-0.2, 0) is 6.42 Å². The summed E-state index contributed by atoms with van der Waals surface area (Å²) < 4.78 is 0. The Morgan fingerprint density at radius 2 is 2.05 bits per heavy atom. The number of aromatic nitrogens is 1. The van der Waals surface area contributed by atoms with Crippen LogP contribution in [0.3, 0.4) is 0 Å². The van der Waals surface area contributed by atoms with E-state index in [4.69, 9.17) is 5.84 Å². The van der Waals surface area contributed by atoms with Gasteiger partial charge in [-0.1, -0.05) is 24.3 Å². The van der Waals surface area contributed by atoms with Crippen molar-refractivity contribution in [3.05, 3.63) is 64.5 Å². The molecule has 1 aromatic carbocycles. The molecule has 19 heavy (non-hydrogen) atoms. The molecule has 3 aromatic rings. The predicted molar refractivity (Wildman–Crippen MR) is 79.8 cm³/mol. The second-order valence-electron chi connectivity index (χ2n) is 4.43. The fourth-order valence-electron chi connectivity index (χ4n) is 2.28. The van der Waals surface area contributed by atoms with Gasteiger partial charge >= 0.3 is 0 Å². The van der Waals surface area contributed by atoms with E-state index in [1.54, 1.807) is 11.3 Å². The fourth-order valence-corrected chi connectivity index (χ4v) is 3.07. The van der Waals surface area contributed by atoms with Crippen LogP contribution < -0.4 is 11.3 Å². The third-order valence-corrected chi connectivity index (χ3v) is 4.24. The third kappa shape index (κ3) is 2.51. The molecular formula is C15H15N3S. The monoisotopic (exact) mass is 269 g/mol. The molecule has 0 aliphatic carbocycles. The van der Waals surface area contributed by atoms with Crippen LogP contribution in [-0.4, -0.2) is 4.98 Å². The van der Waals surface area contributed by atoms with Gasteiger partial charge in [0.05, 0.1) is 11.6 Å². The topological polar surface area (TPSA) is 50.9 Å². The van der Waals surface area contributed by atoms with Crippen molar-refractivity contribution in [1.82, 2.24) is 10.4 Å². The van der Waals surface area contributed by atoms with Gasteiger partial charge < -0.3 is 0 Å². The van der Waals surface area contributed by atoms with Crippen LogP contribution in [0.15, 0.2) is 54.0 Å². The molecule has 0 amide bonds. The molecule has 0 bridgehead atoms. The molecule has 0 saturated heterocycles. The summed E-state index contributed by atoms with van der Waals surface area (Å²) in [5.41, 5.74) is 5.20. The van der Waals surface area contributed by atoms with Gasteiger partial charge in [-0.2, -0.15) is 0 Å². The summed E-state index contributed by atoms with van der Waals surface area (Å²) in [4.78, 5) is 5.64. The molecule has 0 spiro atoms. The molecule has 0 fully saturated rings. The predicted octanol–water partition coefficient (Wildman–Crippen LogP) is 3.04. The van der Waals surface area contributed by atoms with Gasteiger partial charge in [-0.05, 0) is 35.6 Å². The number of rotatable bonds is 4. The lowest BCUT2D eigenvalue weighted by atomic mass is 10.0. The van der Waals surface area contributed by atoms with Crippen LogP contribution >= 0.6 is 11.3 Å². The van der Waals surface area contributed by atoms with Crippen LogP contribution in [0.5, 0.6) is 0 Å². The number of benzene rings is 1. The van der Waals surface area contributed by atoms with Gasteiger partial charge in [0, 0.05) is 16.5 Å². The summed E-state index contributed by atoms with van der Waals surface area (Å²) in [5, 5.41) is 3.27. The van der Waals surface area contributed by atoms with Gasteiger partial charge in [-0.25, -0.2) is 0 Å². The Hall–Kier alpha value is -1.75. The molecule has 3 nitrogen and oxygen atoms in total. The number of hydrogen-bond donors (Lipinski definition) is 2. The molecule has 3 N–H and O–H groups in total. The van der Waals surface area contributed by atoms with E-state index in [1.165, 1.54) is 15.8 Å². The smallest absolute Gasteiger partial charge is 0.0704 e. The molecule has 0 aliphatic rings. The lowest BCUT2D eigenvalue weighted by Gasteiger charge is -2.15. The maximum Gasteiger partial charge on any atom is 0.0704 e. The number of nitrogens with zero attached hydrogens (tertiary/aromatic N) is 1. The Balaban J connectivity index is 1.96.